The zero-order chi connectivity index (χ0) is 6.57. The SMILES string of the molecule is C=C(C)C(=O)[SiH2]OC. The molecule has 0 radical (unpaired) electrons. The van der Waals surface area contributed by atoms with Gasteiger partial charge in [-0.1, -0.05) is 6.58 Å². The smallest absolute Gasteiger partial charge is 0.239 e. The normalized spacial score (nSPS) is 10.2. The van der Waals surface area contributed by atoms with Gasteiger partial charge in [0.25, 0.3) is 0 Å². The first-order valence-electron chi connectivity index (χ1n) is 2.36. The lowest BCUT2D eigenvalue weighted by Gasteiger charge is -1.92. The van der Waals surface area contributed by atoms with Crippen molar-refractivity contribution >= 4 is 15.2 Å². The molecule has 0 amide bonds. The van der Waals surface area contributed by atoms with Crippen molar-refractivity contribution in [1.82, 2.24) is 0 Å². The van der Waals surface area contributed by atoms with Gasteiger partial charge in [0.05, 0.1) is 0 Å². The van der Waals surface area contributed by atoms with Crippen LogP contribution in [0, 0.1) is 0 Å². The Labute approximate surface area is 51.5 Å². The van der Waals surface area contributed by atoms with Crippen LogP contribution in [0.2, 0.25) is 0 Å². The molecule has 2 nitrogen and oxygen atoms in total. The summed E-state index contributed by atoms with van der Waals surface area (Å²) in [5.74, 6) is 0. The van der Waals surface area contributed by atoms with E-state index in [9.17, 15) is 4.79 Å². The third-order valence-corrected chi connectivity index (χ3v) is 1.91. The summed E-state index contributed by atoms with van der Waals surface area (Å²) in [5, 5.41) is 0.104. The molecule has 0 aromatic rings. The molecular formula is C5H10O2Si. The van der Waals surface area contributed by atoms with Crippen molar-refractivity contribution in [2.24, 2.45) is 0 Å². The van der Waals surface area contributed by atoms with E-state index in [1.54, 1.807) is 14.0 Å². The number of hydrogen-bond acceptors (Lipinski definition) is 2. The number of carbonyl (C=O) groups excluding carboxylic acids is 1. The highest BCUT2D eigenvalue weighted by Gasteiger charge is 1.99. The standard InChI is InChI=1S/C5H10O2Si/c1-4(2)5(6)8-7-3/h1,8H2,2-3H3. The van der Waals surface area contributed by atoms with Crippen LogP contribution in [0.25, 0.3) is 0 Å². The maximum atomic E-state index is 10.6. The van der Waals surface area contributed by atoms with Crippen LogP contribution in [0.3, 0.4) is 0 Å². The van der Waals surface area contributed by atoms with E-state index in [1.165, 1.54) is 0 Å². The van der Waals surface area contributed by atoms with Crippen molar-refractivity contribution in [3.8, 4) is 0 Å². The minimum Gasteiger partial charge on any atom is -0.418 e. The summed E-state index contributed by atoms with van der Waals surface area (Å²) in [6.07, 6.45) is 0. The van der Waals surface area contributed by atoms with Crippen molar-refractivity contribution in [2.45, 2.75) is 6.92 Å². The van der Waals surface area contributed by atoms with E-state index in [4.69, 9.17) is 4.43 Å². The molecule has 0 spiro atoms. The van der Waals surface area contributed by atoms with Crippen LogP contribution in [-0.4, -0.2) is 22.3 Å². The lowest BCUT2D eigenvalue weighted by Crippen LogP contribution is -2.10. The van der Waals surface area contributed by atoms with Gasteiger partial charge in [-0.3, -0.25) is 4.79 Å². The van der Waals surface area contributed by atoms with Crippen LogP contribution in [0.15, 0.2) is 12.2 Å². The van der Waals surface area contributed by atoms with Gasteiger partial charge in [0, 0.05) is 7.11 Å². The van der Waals surface area contributed by atoms with Crippen LogP contribution < -0.4 is 0 Å². The molecule has 8 heavy (non-hydrogen) atoms. The number of allylic oxidation sites excluding steroid dienone is 1. The Morgan fingerprint density at radius 3 is 2.38 bits per heavy atom. The minimum atomic E-state index is -0.940. The van der Waals surface area contributed by atoms with Crippen molar-refractivity contribution in [1.29, 1.82) is 0 Å². The van der Waals surface area contributed by atoms with Crippen LogP contribution >= 0.6 is 0 Å². The van der Waals surface area contributed by atoms with Gasteiger partial charge >= 0.3 is 0 Å². The van der Waals surface area contributed by atoms with Crippen molar-refractivity contribution < 1.29 is 9.22 Å². The van der Waals surface area contributed by atoms with Crippen LogP contribution in [-0.2, 0) is 9.22 Å². The topological polar surface area (TPSA) is 26.3 Å². The molecule has 0 atom stereocenters. The van der Waals surface area contributed by atoms with Gasteiger partial charge in [-0.25, -0.2) is 0 Å². The Hall–Kier alpha value is -0.413. The molecule has 0 saturated carbocycles. The highest BCUT2D eigenvalue weighted by atomic mass is 28.2. The van der Waals surface area contributed by atoms with Gasteiger partial charge in [0.15, 0.2) is 5.41 Å². The van der Waals surface area contributed by atoms with E-state index in [0.717, 1.165) is 0 Å². The van der Waals surface area contributed by atoms with E-state index in [1.807, 2.05) is 0 Å². The Morgan fingerprint density at radius 1 is 1.75 bits per heavy atom. The summed E-state index contributed by atoms with van der Waals surface area (Å²) in [4.78, 5) is 10.6. The fourth-order valence-electron chi connectivity index (χ4n) is 0.254. The van der Waals surface area contributed by atoms with Crippen LogP contribution in [0.1, 0.15) is 6.92 Å². The Morgan fingerprint density at radius 2 is 2.25 bits per heavy atom. The summed E-state index contributed by atoms with van der Waals surface area (Å²) < 4.78 is 4.69. The first-order valence-corrected chi connectivity index (χ1v) is 3.64. The molecule has 3 heteroatoms. The molecule has 0 aliphatic heterocycles. The third-order valence-electron chi connectivity index (χ3n) is 0.751. The molecule has 46 valence electrons. The molecule has 0 bridgehead atoms. The Balaban J connectivity index is 3.49. The van der Waals surface area contributed by atoms with Gasteiger partial charge in [-0.2, -0.15) is 0 Å². The second kappa shape index (κ2) is 3.57. The second-order valence-corrected chi connectivity index (χ2v) is 3.14. The average Bonchev–Trinajstić information content (AvgIpc) is 1.67. The molecule has 0 aromatic heterocycles. The van der Waals surface area contributed by atoms with E-state index >= 15 is 0 Å². The minimum absolute atomic E-state index is 0.104. The van der Waals surface area contributed by atoms with E-state index in [-0.39, 0.29) is 5.41 Å². The highest BCUT2D eigenvalue weighted by Crippen LogP contribution is 1.85. The van der Waals surface area contributed by atoms with Crippen molar-refractivity contribution in [3.05, 3.63) is 12.2 Å². The molecule has 0 unspecified atom stereocenters. The third kappa shape index (κ3) is 2.71. The summed E-state index contributed by atoms with van der Waals surface area (Å²) in [7, 11) is 0.609. The quantitative estimate of drug-likeness (QED) is 0.391. The molecule has 0 aliphatic rings. The molecule has 0 aliphatic carbocycles. The molecule has 0 fully saturated rings. The first-order chi connectivity index (χ1) is 3.68. The number of carbonyl (C=O) groups is 1. The average molecular weight is 130 g/mol. The maximum Gasteiger partial charge on any atom is 0.239 e. The second-order valence-electron chi connectivity index (χ2n) is 1.64. The lowest BCUT2D eigenvalue weighted by atomic mass is 10.4. The van der Waals surface area contributed by atoms with Crippen LogP contribution in [0.4, 0.5) is 0 Å². The summed E-state index contributed by atoms with van der Waals surface area (Å²) >= 11 is 0. The lowest BCUT2D eigenvalue weighted by molar-refractivity contribution is -0.109. The predicted octanol–water partition coefficient (Wildman–Crippen LogP) is -0.181. The van der Waals surface area contributed by atoms with Gasteiger partial charge in [0.1, 0.15) is 0 Å². The molecule has 0 saturated heterocycles. The highest BCUT2D eigenvalue weighted by molar-refractivity contribution is 6.72. The largest absolute Gasteiger partial charge is 0.418 e. The zero-order valence-corrected chi connectivity index (χ0v) is 6.64. The molecule has 0 N–H and O–H groups in total. The maximum absolute atomic E-state index is 10.6. The molecule has 0 aromatic carbocycles. The zero-order valence-electron chi connectivity index (χ0n) is 5.23. The summed E-state index contributed by atoms with van der Waals surface area (Å²) in [6, 6.07) is 0. The first kappa shape index (κ1) is 7.59. The molecule has 0 heterocycles. The van der Waals surface area contributed by atoms with E-state index < -0.39 is 9.76 Å². The molecular weight excluding hydrogens is 120 g/mol. The van der Waals surface area contributed by atoms with Gasteiger partial charge < -0.3 is 4.43 Å². The number of rotatable bonds is 3. The van der Waals surface area contributed by atoms with Crippen LogP contribution in [0.5, 0.6) is 0 Å². The number of hydrogen-bond donors (Lipinski definition) is 0. The van der Waals surface area contributed by atoms with Gasteiger partial charge in [0.2, 0.25) is 9.76 Å². The van der Waals surface area contributed by atoms with Crippen molar-refractivity contribution in [2.75, 3.05) is 7.11 Å². The van der Waals surface area contributed by atoms with E-state index in [2.05, 4.69) is 6.58 Å². The summed E-state index contributed by atoms with van der Waals surface area (Å²) in [5.41, 5.74) is 0.610. The predicted molar refractivity (Wildman–Crippen MR) is 35.4 cm³/mol. The van der Waals surface area contributed by atoms with Gasteiger partial charge in [-0.05, 0) is 12.5 Å². The monoisotopic (exact) mass is 130 g/mol. The summed E-state index contributed by atoms with van der Waals surface area (Å²) in [6.45, 7) is 5.18. The van der Waals surface area contributed by atoms with Crippen molar-refractivity contribution in [3.63, 3.8) is 0 Å². The van der Waals surface area contributed by atoms with E-state index in [0.29, 0.717) is 5.57 Å². The Bertz CT molecular complexity index is 109. The van der Waals surface area contributed by atoms with Gasteiger partial charge in [-0.15, -0.1) is 0 Å². The Kier molecular flexibility index (Phi) is 3.39. The fraction of sp³-hybridized carbons (Fsp3) is 0.400. The fourth-order valence-corrected chi connectivity index (χ4v) is 0.763. The molecule has 0 rings (SSSR count).